The third kappa shape index (κ3) is 6.38. The molecule has 0 aliphatic carbocycles. The van der Waals surface area contributed by atoms with Gasteiger partial charge in [0, 0.05) is 60.3 Å². The first-order valence-corrected chi connectivity index (χ1v) is 12.2. The fourth-order valence-corrected chi connectivity index (χ4v) is 4.31. The molecule has 0 bridgehead atoms. The van der Waals surface area contributed by atoms with Gasteiger partial charge in [0.25, 0.3) is 0 Å². The van der Waals surface area contributed by atoms with E-state index in [-0.39, 0.29) is 5.91 Å². The van der Waals surface area contributed by atoms with Gasteiger partial charge in [-0.25, -0.2) is 4.98 Å². The Hall–Kier alpha value is -3.95. The van der Waals surface area contributed by atoms with Gasteiger partial charge in [0.15, 0.2) is 0 Å². The lowest BCUT2D eigenvalue weighted by atomic mass is 10.1. The predicted octanol–water partition coefficient (Wildman–Crippen LogP) is 3.74. The number of carbonyl (C=O) groups is 1. The molecule has 1 amide bonds. The van der Waals surface area contributed by atoms with Gasteiger partial charge in [0.1, 0.15) is 5.82 Å². The Labute approximate surface area is 210 Å². The van der Waals surface area contributed by atoms with Crippen molar-refractivity contribution >= 4 is 40.0 Å². The number of fused-ring (bicyclic) bond motifs is 1. The molecule has 9 nitrogen and oxygen atoms in total. The molecular weight excluding hydrogens is 454 g/mol. The van der Waals surface area contributed by atoms with Crippen molar-refractivity contribution in [3.63, 3.8) is 0 Å². The predicted molar refractivity (Wildman–Crippen MR) is 142 cm³/mol. The van der Waals surface area contributed by atoms with E-state index in [4.69, 9.17) is 4.74 Å². The Balaban J connectivity index is 1.16. The van der Waals surface area contributed by atoms with Crippen molar-refractivity contribution in [2.24, 2.45) is 0 Å². The van der Waals surface area contributed by atoms with E-state index < -0.39 is 0 Å². The number of nitrogens with one attached hydrogen (secondary N) is 4. The number of ether oxygens (including phenoxy) is 1. The molecule has 4 N–H and O–H groups in total. The van der Waals surface area contributed by atoms with Gasteiger partial charge in [0.05, 0.1) is 19.6 Å². The standard InChI is InChI=1S/C27H31N7O2/c1-19-15-21-18-23(5-6-24(21)30-19)31-25-7-8-29-27(33-25)32-22-4-2-3-20(16-22)17-26(35)28-9-10-34-11-13-36-14-12-34/h2-8,15-16,18,30H,9-14,17H2,1H3,(H,28,35)(H2,29,31,32,33). The SMILES string of the molecule is Cc1cc2cc(Nc3ccnc(Nc4cccc(CC(=O)NCCN5CCOCC5)c4)n3)ccc2[nH]1. The van der Waals surface area contributed by atoms with Crippen LogP contribution < -0.4 is 16.0 Å². The molecule has 2 aromatic carbocycles. The van der Waals surface area contributed by atoms with Crippen molar-refractivity contribution in [1.29, 1.82) is 0 Å². The lowest BCUT2D eigenvalue weighted by molar-refractivity contribution is -0.120. The molecule has 9 heteroatoms. The van der Waals surface area contributed by atoms with Crippen LogP contribution in [0.4, 0.5) is 23.1 Å². The molecule has 3 heterocycles. The summed E-state index contributed by atoms with van der Waals surface area (Å²) < 4.78 is 5.36. The highest BCUT2D eigenvalue weighted by Crippen LogP contribution is 2.23. The first-order chi connectivity index (χ1) is 17.6. The number of amides is 1. The van der Waals surface area contributed by atoms with E-state index in [0.29, 0.717) is 24.7 Å². The summed E-state index contributed by atoms with van der Waals surface area (Å²) in [5.74, 6) is 1.18. The molecule has 0 atom stereocenters. The van der Waals surface area contributed by atoms with Gasteiger partial charge in [-0.15, -0.1) is 0 Å². The Bertz CT molecular complexity index is 1330. The number of aromatic amines is 1. The molecule has 1 saturated heterocycles. The van der Waals surface area contributed by atoms with Gasteiger partial charge in [0.2, 0.25) is 11.9 Å². The van der Waals surface area contributed by atoms with Crippen LogP contribution in [-0.2, 0) is 16.0 Å². The van der Waals surface area contributed by atoms with Crippen molar-refractivity contribution in [1.82, 2.24) is 25.2 Å². The van der Waals surface area contributed by atoms with Gasteiger partial charge in [-0.3, -0.25) is 9.69 Å². The van der Waals surface area contributed by atoms with E-state index >= 15 is 0 Å². The summed E-state index contributed by atoms with van der Waals surface area (Å²) in [6, 6.07) is 17.9. The van der Waals surface area contributed by atoms with E-state index in [1.807, 2.05) is 43.3 Å². The number of H-pyrrole nitrogens is 1. The largest absolute Gasteiger partial charge is 0.379 e. The molecule has 0 spiro atoms. The number of nitrogens with zero attached hydrogens (tertiary/aromatic N) is 3. The average Bonchev–Trinajstić information content (AvgIpc) is 3.24. The Morgan fingerprint density at radius 1 is 1.06 bits per heavy atom. The van der Waals surface area contributed by atoms with E-state index in [1.54, 1.807) is 6.20 Å². The van der Waals surface area contributed by atoms with Crippen molar-refractivity contribution in [3.8, 4) is 0 Å². The van der Waals surface area contributed by atoms with Crippen LogP contribution in [0.3, 0.4) is 0 Å². The molecule has 1 aliphatic rings. The lowest BCUT2D eigenvalue weighted by Crippen LogP contribution is -2.41. The van der Waals surface area contributed by atoms with Crippen LogP contribution in [0.5, 0.6) is 0 Å². The lowest BCUT2D eigenvalue weighted by Gasteiger charge is -2.26. The van der Waals surface area contributed by atoms with Crippen LogP contribution in [-0.4, -0.2) is 65.2 Å². The highest BCUT2D eigenvalue weighted by molar-refractivity contribution is 5.84. The molecule has 36 heavy (non-hydrogen) atoms. The first-order valence-electron chi connectivity index (χ1n) is 12.2. The molecule has 186 valence electrons. The molecule has 1 aliphatic heterocycles. The van der Waals surface area contributed by atoms with Crippen LogP contribution in [0.15, 0.2) is 60.8 Å². The van der Waals surface area contributed by atoms with Crippen LogP contribution in [0, 0.1) is 6.92 Å². The summed E-state index contributed by atoms with van der Waals surface area (Å²) in [5.41, 5.74) is 4.94. The monoisotopic (exact) mass is 485 g/mol. The smallest absolute Gasteiger partial charge is 0.229 e. The number of carbonyl (C=O) groups excluding carboxylic acids is 1. The minimum atomic E-state index is 0.0115. The van der Waals surface area contributed by atoms with E-state index in [1.165, 1.54) is 0 Å². The summed E-state index contributed by atoms with van der Waals surface area (Å²) in [5, 5.41) is 10.7. The second-order valence-corrected chi connectivity index (χ2v) is 8.95. The van der Waals surface area contributed by atoms with E-state index in [9.17, 15) is 4.79 Å². The maximum Gasteiger partial charge on any atom is 0.229 e. The number of aryl methyl sites for hydroxylation is 1. The maximum atomic E-state index is 12.4. The minimum Gasteiger partial charge on any atom is -0.379 e. The number of morpholine rings is 1. The second-order valence-electron chi connectivity index (χ2n) is 8.95. The number of hydrogen-bond donors (Lipinski definition) is 4. The molecule has 0 unspecified atom stereocenters. The van der Waals surface area contributed by atoms with Crippen LogP contribution in [0.1, 0.15) is 11.3 Å². The highest BCUT2D eigenvalue weighted by Gasteiger charge is 2.11. The zero-order valence-electron chi connectivity index (χ0n) is 20.4. The number of rotatable bonds is 9. The first kappa shape index (κ1) is 23.8. The zero-order valence-corrected chi connectivity index (χ0v) is 20.4. The van der Waals surface area contributed by atoms with Gasteiger partial charge in [-0.05, 0) is 55.0 Å². The fraction of sp³-hybridized carbons (Fsp3) is 0.296. The molecule has 1 fully saturated rings. The molecular formula is C27H31N7O2. The van der Waals surface area contributed by atoms with Crippen LogP contribution in [0.25, 0.3) is 10.9 Å². The number of anilines is 4. The van der Waals surface area contributed by atoms with E-state index in [2.05, 4.69) is 54.0 Å². The maximum absolute atomic E-state index is 12.4. The van der Waals surface area contributed by atoms with Gasteiger partial charge >= 0.3 is 0 Å². The van der Waals surface area contributed by atoms with Crippen molar-refractivity contribution in [3.05, 3.63) is 72.1 Å². The zero-order chi connectivity index (χ0) is 24.7. The molecule has 5 rings (SSSR count). The van der Waals surface area contributed by atoms with Crippen molar-refractivity contribution in [2.45, 2.75) is 13.3 Å². The van der Waals surface area contributed by atoms with Gasteiger partial charge in [-0.2, -0.15) is 4.98 Å². The quantitative estimate of drug-likeness (QED) is 0.286. The van der Waals surface area contributed by atoms with Gasteiger partial charge in [-0.1, -0.05) is 12.1 Å². The molecule has 2 aromatic heterocycles. The van der Waals surface area contributed by atoms with Crippen LogP contribution >= 0.6 is 0 Å². The summed E-state index contributed by atoms with van der Waals surface area (Å²) in [6.45, 7) is 6.90. The number of aromatic nitrogens is 3. The summed E-state index contributed by atoms with van der Waals surface area (Å²) >= 11 is 0. The normalized spacial score (nSPS) is 14.0. The average molecular weight is 486 g/mol. The summed E-state index contributed by atoms with van der Waals surface area (Å²) in [6.07, 6.45) is 2.03. The number of hydrogen-bond acceptors (Lipinski definition) is 7. The Kier molecular flexibility index (Phi) is 7.39. The van der Waals surface area contributed by atoms with Crippen LogP contribution in [0.2, 0.25) is 0 Å². The fourth-order valence-electron chi connectivity index (χ4n) is 4.31. The molecule has 0 saturated carbocycles. The summed E-state index contributed by atoms with van der Waals surface area (Å²) in [4.78, 5) is 27.0. The van der Waals surface area contributed by atoms with Crippen molar-refractivity contribution < 1.29 is 9.53 Å². The highest BCUT2D eigenvalue weighted by atomic mass is 16.5. The van der Waals surface area contributed by atoms with Gasteiger partial charge < -0.3 is 25.7 Å². The van der Waals surface area contributed by atoms with E-state index in [0.717, 1.165) is 66.4 Å². The third-order valence-corrected chi connectivity index (χ3v) is 6.09. The number of benzene rings is 2. The summed E-state index contributed by atoms with van der Waals surface area (Å²) in [7, 11) is 0. The molecule has 4 aromatic rings. The topological polar surface area (TPSA) is 107 Å². The second kappa shape index (κ2) is 11.2. The Morgan fingerprint density at radius 2 is 1.92 bits per heavy atom. The minimum absolute atomic E-state index is 0.0115. The molecule has 0 radical (unpaired) electrons. The van der Waals surface area contributed by atoms with Crippen molar-refractivity contribution in [2.75, 3.05) is 50.0 Å². The third-order valence-electron chi connectivity index (χ3n) is 6.09. The Morgan fingerprint density at radius 3 is 2.81 bits per heavy atom.